The average molecular weight is 1570 g/mol. The Morgan fingerprint density at radius 1 is 0.175 bits per heavy atom. The molecule has 9 heteroatoms. The number of para-hydroxylation sites is 3. The molecular formula is C111H73N7S2. The second kappa shape index (κ2) is 30.7. The van der Waals surface area contributed by atoms with Crippen LogP contribution in [0.3, 0.4) is 0 Å². The number of fused-ring (bicyclic) bond motifs is 12. The van der Waals surface area contributed by atoms with Crippen molar-refractivity contribution in [1.29, 1.82) is 0 Å². The third-order valence-electron chi connectivity index (χ3n) is 23.1. The van der Waals surface area contributed by atoms with Gasteiger partial charge >= 0.3 is 0 Å². The number of thiophene rings is 2. The van der Waals surface area contributed by atoms with Crippen LogP contribution in [0.5, 0.6) is 0 Å². The van der Waals surface area contributed by atoms with Crippen LogP contribution >= 0.6 is 22.7 Å². The van der Waals surface area contributed by atoms with Crippen molar-refractivity contribution in [3.63, 3.8) is 0 Å². The van der Waals surface area contributed by atoms with Gasteiger partial charge in [-0.2, -0.15) is 9.97 Å². The quantitative estimate of drug-likeness (QED) is 0.102. The summed E-state index contributed by atoms with van der Waals surface area (Å²) in [4.78, 5) is 19.9. The Bertz CT molecular complexity index is 7660. The van der Waals surface area contributed by atoms with Gasteiger partial charge in [-0.25, -0.2) is 4.98 Å². The minimum atomic E-state index is 0.580. The molecule has 0 saturated heterocycles. The SMILES string of the molecule is c1ccc(-c2ccc(N(c3ccc(-c4ccc5c(c4)c4ccccc4n5-c4nc(-c5ccccc5)nc(-c5ccccc5)n4)cc3)c3ccc4c(c3)sc3ccccc34)cc2)cc1.c1ccc(-c2ccc(N(c3ccc(-c4ccc5c(c4)sc4ccccc45)cc3)c3ccc(-c4ccc5c(c4)c4ccccc4n5-c4ccccc4)cc3)cc2)cc1. The lowest BCUT2D eigenvalue weighted by molar-refractivity contribution is 0.953. The molecule has 23 rings (SSSR count). The van der Waals surface area contributed by atoms with Crippen molar-refractivity contribution in [2.24, 2.45) is 0 Å². The van der Waals surface area contributed by atoms with Crippen molar-refractivity contribution in [1.82, 2.24) is 24.1 Å². The van der Waals surface area contributed by atoms with E-state index in [-0.39, 0.29) is 0 Å². The van der Waals surface area contributed by atoms with Crippen LogP contribution in [0, 0.1) is 0 Å². The normalized spacial score (nSPS) is 11.5. The maximum Gasteiger partial charge on any atom is 0.238 e. The molecule has 0 bridgehead atoms. The van der Waals surface area contributed by atoms with E-state index in [1.165, 1.54) is 112 Å². The molecule has 120 heavy (non-hydrogen) atoms. The van der Waals surface area contributed by atoms with Crippen molar-refractivity contribution in [2.45, 2.75) is 0 Å². The van der Waals surface area contributed by atoms with Crippen molar-refractivity contribution in [3.8, 4) is 90.0 Å². The topological polar surface area (TPSA) is 55.0 Å². The molecule has 0 N–H and O–H groups in total. The molecule has 0 fully saturated rings. The van der Waals surface area contributed by atoms with Crippen LogP contribution in [0.25, 0.3) is 174 Å². The molecule has 18 aromatic carbocycles. The van der Waals surface area contributed by atoms with Gasteiger partial charge in [-0.1, -0.05) is 303 Å². The second-order valence-electron chi connectivity index (χ2n) is 30.2. The zero-order chi connectivity index (χ0) is 79.4. The Kier molecular flexibility index (Phi) is 18.2. The predicted octanol–water partition coefficient (Wildman–Crippen LogP) is 31.1. The van der Waals surface area contributed by atoms with E-state index in [4.69, 9.17) is 15.0 Å². The van der Waals surface area contributed by atoms with Crippen molar-refractivity contribution >= 4 is 141 Å². The van der Waals surface area contributed by atoms with Gasteiger partial charge in [0.25, 0.3) is 0 Å². The molecule has 0 aliphatic carbocycles. The average Bonchev–Trinajstić information content (AvgIpc) is 1.59. The number of aromatic nitrogens is 5. The highest BCUT2D eigenvalue weighted by Crippen LogP contribution is 2.46. The summed E-state index contributed by atoms with van der Waals surface area (Å²) >= 11 is 3.71. The van der Waals surface area contributed by atoms with Gasteiger partial charge in [0, 0.05) is 113 Å². The summed E-state index contributed by atoms with van der Waals surface area (Å²) < 4.78 is 9.76. The van der Waals surface area contributed by atoms with E-state index in [0.717, 1.165) is 78.2 Å². The fourth-order valence-corrected chi connectivity index (χ4v) is 19.5. The van der Waals surface area contributed by atoms with E-state index >= 15 is 0 Å². The molecule has 0 atom stereocenters. The maximum atomic E-state index is 5.11. The zero-order valence-electron chi connectivity index (χ0n) is 65.1. The maximum absolute atomic E-state index is 5.11. The molecule has 5 heterocycles. The Labute approximate surface area is 702 Å². The van der Waals surface area contributed by atoms with Gasteiger partial charge in [-0.15, -0.1) is 22.7 Å². The third kappa shape index (κ3) is 13.3. The number of anilines is 6. The van der Waals surface area contributed by atoms with Crippen LogP contribution in [0.4, 0.5) is 34.1 Å². The zero-order valence-corrected chi connectivity index (χ0v) is 66.7. The van der Waals surface area contributed by atoms with Gasteiger partial charge in [-0.3, -0.25) is 4.57 Å². The number of hydrogen-bond donors (Lipinski definition) is 0. The third-order valence-corrected chi connectivity index (χ3v) is 25.4. The van der Waals surface area contributed by atoms with Crippen LogP contribution in [0.2, 0.25) is 0 Å². The Balaban J connectivity index is 0.000000145. The van der Waals surface area contributed by atoms with Gasteiger partial charge in [0.05, 0.1) is 22.1 Å². The number of benzene rings is 18. The fraction of sp³-hybridized carbons (Fsp3) is 0. The number of nitrogens with zero attached hydrogens (tertiary/aromatic N) is 7. The van der Waals surface area contributed by atoms with Gasteiger partial charge in [-0.05, 0) is 195 Å². The molecule has 0 spiro atoms. The van der Waals surface area contributed by atoms with Crippen molar-refractivity contribution in [2.75, 3.05) is 9.80 Å². The summed E-state index contributed by atoms with van der Waals surface area (Å²) in [6, 6.07) is 159. The first kappa shape index (κ1) is 71.2. The second-order valence-corrected chi connectivity index (χ2v) is 32.4. The Hall–Kier alpha value is -15.4. The van der Waals surface area contributed by atoms with E-state index in [1.807, 2.05) is 83.3 Å². The van der Waals surface area contributed by atoms with Crippen molar-refractivity contribution < 1.29 is 0 Å². The molecule has 0 saturated carbocycles. The molecule has 0 radical (unpaired) electrons. The van der Waals surface area contributed by atoms with E-state index in [1.54, 1.807) is 0 Å². The van der Waals surface area contributed by atoms with E-state index in [9.17, 15) is 0 Å². The highest BCUT2D eigenvalue weighted by molar-refractivity contribution is 7.26. The standard InChI is InChI=1S/C57H37N5S.C54H36N2S/c1-4-14-38(15-5-1)39-24-29-44(30-25-39)61(46-33-34-49-48-21-11-13-23-53(48)63-54(49)37-46)45-31-26-40(27-32-45)43-28-35-52-50(36-43)47-20-10-12-22-51(47)62(52)57-59-55(41-16-6-2-7-17-41)58-56(60-57)42-18-8-3-9-19-42;1-3-11-37(12-4-1)38-19-27-44(28-20-38)55(46-31-23-40(24-32-46)42-25-33-49-48-16-8-10-18-53(48)57-54(49)36-42)45-29-21-39(22-30-45)41-26-34-52-50(35-41)47-15-7-9-17-51(47)56(52)43-13-5-2-6-14-43/h1-37H;1-36H. The largest absolute Gasteiger partial charge is 0.311 e. The van der Waals surface area contributed by atoms with Crippen LogP contribution in [-0.2, 0) is 0 Å². The molecule has 23 aromatic rings. The van der Waals surface area contributed by atoms with E-state index in [0.29, 0.717) is 17.6 Å². The molecule has 0 aliphatic rings. The van der Waals surface area contributed by atoms with E-state index in [2.05, 4.69) is 401 Å². The highest BCUT2D eigenvalue weighted by atomic mass is 32.1. The summed E-state index contributed by atoms with van der Waals surface area (Å²) in [5.74, 6) is 1.84. The number of rotatable bonds is 15. The van der Waals surface area contributed by atoms with Gasteiger partial charge in [0.15, 0.2) is 11.6 Å². The first-order valence-corrected chi connectivity index (χ1v) is 42.1. The lowest BCUT2D eigenvalue weighted by Gasteiger charge is -2.26. The predicted molar refractivity (Wildman–Crippen MR) is 508 cm³/mol. The van der Waals surface area contributed by atoms with Crippen LogP contribution in [-0.4, -0.2) is 24.1 Å². The highest BCUT2D eigenvalue weighted by Gasteiger charge is 2.23. The molecule has 0 unspecified atom stereocenters. The molecule has 7 nitrogen and oxygen atoms in total. The minimum Gasteiger partial charge on any atom is -0.311 e. The van der Waals surface area contributed by atoms with Crippen LogP contribution < -0.4 is 9.80 Å². The molecule has 5 aromatic heterocycles. The summed E-state index contributed by atoms with van der Waals surface area (Å²) in [6.07, 6.45) is 0. The first-order chi connectivity index (χ1) is 59.5. The fourth-order valence-electron chi connectivity index (χ4n) is 17.2. The summed E-state index contributed by atoms with van der Waals surface area (Å²) in [7, 11) is 0. The molecule has 0 aliphatic heterocycles. The lowest BCUT2D eigenvalue weighted by Crippen LogP contribution is -2.09. The van der Waals surface area contributed by atoms with Crippen molar-refractivity contribution in [3.05, 3.63) is 443 Å². The number of hydrogen-bond acceptors (Lipinski definition) is 7. The summed E-state index contributed by atoms with van der Waals surface area (Å²) in [6.45, 7) is 0. The monoisotopic (exact) mass is 1570 g/mol. The summed E-state index contributed by atoms with van der Waals surface area (Å²) in [5.41, 5.74) is 26.0. The van der Waals surface area contributed by atoms with Gasteiger partial charge in [0.2, 0.25) is 5.95 Å². The summed E-state index contributed by atoms with van der Waals surface area (Å²) in [5, 5.41) is 10.0. The molecule has 0 amide bonds. The van der Waals surface area contributed by atoms with Gasteiger partial charge in [0.1, 0.15) is 0 Å². The van der Waals surface area contributed by atoms with Crippen LogP contribution in [0.1, 0.15) is 0 Å². The minimum absolute atomic E-state index is 0.580. The van der Waals surface area contributed by atoms with Gasteiger partial charge < -0.3 is 14.4 Å². The van der Waals surface area contributed by atoms with Crippen LogP contribution in [0.15, 0.2) is 443 Å². The first-order valence-electron chi connectivity index (χ1n) is 40.5. The molecular weight excluding hydrogens is 1500 g/mol. The molecule has 564 valence electrons. The Morgan fingerprint density at radius 3 is 0.900 bits per heavy atom. The Morgan fingerprint density at radius 2 is 0.458 bits per heavy atom. The van der Waals surface area contributed by atoms with E-state index < -0.39 is 0 Å². The lowest BCUT2D eigenvalue weighted by atomic mass is 10.0. The smallest absolute Gasteiger partial charge is 0.238 e.